The smallest absolute Gasteiger partial charge is 0.0131 e. The number of benzene rings is 1. The van der Waals surface area contributed by atoms with Crippen LogP contribution in [0, 0.1) is 6.42 Å². The van der Waals surface area contributed by atoms with E-state index in [2.05, 4.69) is 30.7 Å². The van der Waals surface area contributed by atoms with Gasteiger partial charge in [-0.1, -0.05) is 114 Å². The summed E-state index contributed by atoms with van der Waals surface area (Å²) in [4.78, 5) is 0. The molecule has 0 spiro atoms. The largest absolute Gasteiger partial charge is 0.0754 e. The normalized spacial score (nSPS) is 21.3. The van der Waals surface area contributed by atoms with Crippen molar-refractivity contribution in [1.82, 2.24) is 0 Å². The van der Waals surface area contributed by atoms with Crippen molar-refractivity contribution < 1.29 is 0 Å². The molecule has 0 N–H and O–H groups in total. The molecular weight excluding hydrogens is 324 g/mol. The molecule has 0 fully saturated rings. The van der Waals surface area contributed by atoms with Gasteiger partial charge < -0.3 is 0 Å². The van der Waals surface area contributed by atoms with Crippen LogP contribution in [-0.4, -0.2) is 0 Å². The summed E-state index contributed by atoms with van der Waals surface area (Å²) in [7, 11) is 0. The SMILES string of the molecule is [CH]1C=Cc2c1ccc1c2CCCCCCCCCCCCCCCCCC1. The topological polar surface area (TPSA) is 0 Å². The Bertz CT molecular complexity index is 566. The van der Waals surface area contributed by atoms with E-state index < -0.39 is 0 Å². The Morgan fingerprint density at radius 1 is 0.481 bits per heavy atom. The maximum absolute atomic E-state index is 2.43. The summed E-state index contributed by atoms with van der Waals surface area (Å²) < 4.78 is 0. The van der Waals surface area contributed by atoms with Crippen LogP contribution in [-0.2, 0) is 12.8 Å². The van der Waals surface area contributed by atoms with E-state index in [1.165, 1.54) is 127 Å². The highest BCUT2D eigenvalue weighted by molar-refractivity contribution is 5.69. The molecule has 0 saturated heterocycles. The first-order valence-electron chi connectivity index (χ1n) is 12.1. The summed E-state index contributed by atoms with van der Waals surface area (Å²) in [5, 5.41) is 0. The van der Waals surface area contributed by atoms with E-state index in [-0.39, 0.29) is 0 Å². The van der Waals surface area contributed by atoms with Crippen LogP contribution in [0.2, 0.25) is 0 Å². The third-order valence-corrected chi connectivity index (χ3v) is 6.65. The molecule has 0 heterocycles. The minimum absolute atomic E-state index is 1.29. The predicted molar refractivity (Wildman–Crippen MR) is 120 cm³/mol. The molecule has 0 unspecified atom stereocenters. The molecule has 2 aliphatic rings. The lowest BCUT2D eigenvalue weighted by atomic mass is 9.90. The fourth-order valence-electron chi connectivity index (χ4n) is 4.94. The van der Waals surface area contributed by atoms with Crippen molar-refractivity contribution in [3.8, 4) is 0 Å². The molecule has 27 heavy (non-hydrogen) atoms. The predicted octanol–water partition coefficient (Wildman–Crippen LogP) is 8.61. The molecule has 0 bridgehead atoms. The lowest BCUT2D eigenvalue weighted by Gasteiger charge is -2.15. The van der Waals surface area contributed by atoms with Crippen LogP contribution in [0.15, 0.2) is 18.2 Å². The number of allylic oxidation sites excluding steroid dienone is 1. The zero-order valence-corrected chi connectivity index (χ0v) is 17.6. The summed E-state index contributed by atoms with van der Waals surface area (Å²) in [5.41, 5.74) is 6.30. The van der Waals surface area contributed by atoms with E-state index in [0.717, 1.165) is 0 Å². The minimum Gasteiger partial charge on any atom is -0.0754 e. The van der Waals surface area contributed by atoms with Crippen LogP contribution in [0.1, 0.15) is 125 Å². The summed E-state index contributed by atoms with van der Waals surface area (Å²) >= 11 is 0. The molecule has 3 rings (SSSR count). The number of hydrogen-bond acceptors (Lipinski definition) is 0. The monoisotopic (exact) mass is 365 g/mol. The zero-order valence-electron chi connectivity index (χ0n) is 17.6. The summed E-state index contributed by atoms with van der Waals surface area (Å²) in [6.45, 7) is 0. The van der Waals surface area contributed by atoms with Gasteiger partial charge in [0.05, 0.1) is 0 Å². The van der Waals surface area contributed by atoms with E-state index in [1.54, 1.807) is 11.1 Å². The van der Waals surface area contributed by atoms with Gasteiger partial charge in [0.2, 0.25) is 0 Å². The number of fused-ring (bicyclic) bond motifs is 3. The summed E-state index contributed by atoms with van der Waals surface area (Å²) in [5.74, 6) is 0. The van der Waals surface area contributed by atoms with E-state index in [1.807, 2.05) is 0 Å². The summed E-state index contributed by atoms with van der Waals surface area (Å²) in [6.07, 6.45) is 32.6. The first-order chi connectivity index (χ1) is 13.4. The van der Waals surface area contributed by atoms with Gasteiger partial charge in [-0.3, -0.25) is 0 Å². The number of hydrogen-bond donors (Lipinski definition) is 0. The van der Waals surface area contributed by atoms with Crippen LogP contribution in [0.25, 0.3) is 6.08 Å². The molecule has 0 atom stereocenters. The highest BCUT2D eigenvalue weighted by Crippen LogP contribution is 2.30. The van der Waals surface area contributed by atoms with Crippen LogP contribution < -0.4 is 0 Å². The van der Waals surface area contributed by atoms with Gasteiger partial charge in [-0.2, -0.15) is 0 Å². The van der Waals surface area contributed by atoms with Crippen molar-refractivity contribution in [1.29, 1.82) is 0 Å². The fourth-order valence-corrected chi connectivity index (χ4v) is 4.94. The Morgan fingerprint density at radius 3 is 1.52 bits per heavy atom. The molecule has 0 saturated carbocycles. The highest BCUT2D eigenvalue weighted by Gasteiger charge is 2.14. The van der Waals surface area contributed by atoms with Crippen LogP contribution in [0.3, 0.4) is 0 Å². The van der Waals surface area contributed by atoms with Crippen molar-refractivity contribution in [2.45, 2.75) is 116 Å². The average molecular weight is 366 g/mol. The van der Waals surface area contributed by atoms with Gasteiger partial charge in [0.25, 0.3) is 0 Å². The number of rotatable bonds is 0. The van der Waals surface area contributed by atoms with Gasteiger partial charge in [-0.05, 0) is 47.9 Å². The van der Waals surface area contributed by atoms with Crippen LogP contribution >= 0.6 is 0 Å². The molecule has 149 valence electrons. The molecule has 0 amide bonds. The zero-order chi connectivity index (χ0) is 18.6. The second kappa shape index (κ2) is 12.4. The second-order valence-corrected chi connectivity index (χ2v) is 8.89. The van der Waals surface area contributed by atoms with Gasteiger partial charge >= 0.3 is 0 Å². The molecule has 1 aromatic rings. The van der Waals surface area contributed by atoms with Crippen molar-refractivity contribution >= 4 is 6.08 Å². The summed E-state index contributed by atoms with van der Waals surface area (Å²) in [6, 6.07) is 4.79. The first-order valence-corrected chi connectivity index (χ1v) is 12.1. The van der Waals surface area contributed by atoms with Gasteiger partial charge in [0.1, 0.15) is 0 Å². The molecule has 0 aromatic heterocycles. The Balaban J connectivity index is 1.55. The van der Waals surface area contributed by atoms with Crippen molar-refractivity contribution in [3.05, 3.63) is 46.9 Å². The lowest BCUT2D eigenvalue weighted by molar-refractivity contribution is 0.526. The standard InChI is InChI=1S/C27H41/c1-2-4-6-8-10-12-14-16-20-26-24(18-15-13-11-9-7-5-3-1)22-23-25-19-17-21-27(25)26/h17,19,21-23H,1-16,18,20H2. The van der Waals surface area contributed by atoms with Gasteiger partial charge in [-0.15, -0.1) is 0 Å². The molecule has 2 aliphatic carbocycles. The van der Waals surface area contributed by atoms with Gasteiger partial charge in [-0.25, -0.2) is 0 Å². The molecule has 0 nitrogen and oxygen atoms in total. The van der Waals surface area contributed by atoms with Gasteiger partial charge in [0.15, 0.2) is 0 Å². The Labute approximate surface area is 168 Å². The molecule has 0 heteroatoms. The Morgan fingerprint density at radius 2 is 0.963 bits per heavy atom. The molecule has 0 aliphatic heterocycles. The van der Waals surface area contributed by atoms with Crippen molar-refractivity contribution in [3.63, 3.8) is 0 Å². The Kier molecular flexibility index (Phi) is 9.52. The second-order valence-electron chi connectivity index (χ2n) is 8.89. The number of aryl methyl sites for hydroxylation is 1. The fraction of sp³-hybridized carbons (Fsp3) is 0.667. The third kappa shape index (κ3) is 7.13. The average Bonchev–Trinajstić information content (AvgIpc) is 3.16. The first kappa shape index (κ1) is 20.7. The van der Waals surface area contributed by atoms with Crippen molar-refractivity contribution in [2.24, 2.45) is 0 Å². The maximum atomic E-state index is 2.43. The van der Waals surface area contributed by atoms with E-state index in [4.69, 9.17) is 0 Å². The van der Waals surface area contributed by atoms with E-state index >= 15 is 0 Å². The van der Waals surface area contributed by atoms with Gasteiger partial charge in [0, 0.05) is 6.42 Å². The maximum Gasteiger partial charge on any atom is 0.0131 e. The van der Waals surface area contributed by atoms with Crippen molar-refractivity contribution in [2.75, 3.05) is 0 Å². The lowest BCUT2D eigenvalue weighted by Crippen LogP contribution is -2.00. The van der Waals surface area contributed by atoms with E-state index in [0.29, 0.717) is 0 Å². The Hall–Kier alpha value is -1.04. The van der Waals surface area contributed by atoms with Crippen LogP contribution in [0.4, 0.5) is 0 Å². The quantitative estimate of drug-likeness (QED) is 0.431. The molecule has 1 aromatic carbocycles. The van der Waals surface area contributed by atoms with E-state index in [9.17, 15) is 0 Å². The third-order valence-electron chi connectivity index (χ3n) is 6.65. The minimum atomic E-state index is 1.29. The molecule has 1 radical (unpaired) electrons. The molecular formula is C27H41. The van der Waals surface area contributed by atoms with Crippen LogP contribution in [0.5, 0.6) is 0 Å². The highest BCUT2D eigenvalue weighted by atomic mass is 14.2.